The van der Waals surface area contributed by atoms with Crippen molar-refractivity contribution in [2.24, 2.45) is 0 Å². The van der Waals surface area contributed by atoms with Gasteiger partial charge in [0.1, 0.15) is 6.10 Å². The maximum atomic E-state index is 13.5. The van der Waals surface area contributed by atoms with Crippen molar-refractivity contribution in [3.63, 3.8) is 0 Å². The number of carbonyl (C=O) groups is 1. The highest BCUT2D eigenvalue weighted by Crippen LogP contribution is 2.41. The number of carbonyl (C=O) groups excluding carboxylic acids is 1. The van der Waals surface area contributed by atoms with Gasteiger partial charge < -0.3 is 10.0 Å². The number of rotatable bonds is 0. The molecule has 3 heteroatoms. The first kappa shape index (κ1) is 15.4. The quantitative estimate of drug-likeness (QED) is 0.671. The van der Waals surface area contributed by atoms with Crippen molar-refractivity contribution in [2.45, 2.75) is 25.5 Å². The lowest BCUT2D eigenvalue weighted by molar-refractivity contribution is 0.0983. The third kappa shape index (κ3) is 2.21. The molecule has 1 atom stereocenters. The Bertz CT molecular complexity index is 1020. The second kappa shape index (κ2) is 5.82. The molecule has 0 saturated carbocycles. The smallest absolute Gasteiger partial charge is 0.258 e. The minimum atomic E-state index is -0.714. The summed E-state index contributed by atoms with van der Waals surface area (Å²) >= 11 is 0. The van der Waals surface area contributed by atoms with E-state index in [-0.39, 0.29) is 5.91 Å². The molecule has 0 spiro atoms. The van der Waals surface area contributed by atoms with Crippen LogP contribution in [0.2, 0.25) is 0 Å². The highest BCUT2D eigenvalue weighted by Gasteiger charge is 2.32. The lowest BCUT2D eigenvalue weighted by Crippen LogP contribution is -2.33. The molecule has 3 aromatic carbocycles. The monoisotopic (exact) mass is 341 g/mol. The zero-order valence-corrected chi connectivity index (χ0v) is 14.4. The normalized spacial score (nSPS) is 18.1. The zero-order valence-electron chi connectivity index (χ0n) is 14.4. The fourth-order valence-electron chi connectivity index (χ4n) is 4.26. The molecule has 1 unspecified atom stereocenters. The SMILES string of the molecule is O=C1c2ccccc2CCc2cccc3c2N1Cc1ccccc1C3O. The number of aryl methyl sites for hydroxylation is 2. The van der Waals surface area contributed by atoms with Gasteiger partial charge in [0, 0.05) is 11.1 Å². The number of hydrogen-bond donors (Lipinski definition) is 1. The van der Waals surface area contributed by atoms with Crippen molar-refractivity contribution in [3.05, 3.63) is 100 Å². The highest BCUT2D eigenvalue weighted by atomic mass is 16.3. The molecule has 128 valence electrons. The molecule has 1 N–H and O–H groups in total. The molecule has 3 nitrogen and oxygen atoms in total. The summed E-state index contributed by atoms with van der Waals surface area (Å²) < 4.78 is 0. The van der Waals surface area contributed by atoms with Crippen LogP contribution < -0.4 is 4.90 Å². The predicted octanol–water partition coefficient (Wildman–Crippen LogP) is 4.03. The third-order valence-electron chi connectivity index (χ3n) is 5.55. The van der Waals surface area contributed by atoms with E-state index in [9.17, 15) is 9.90 Å². The van der Waals surface area contributed by atoms with E-state index >= 15 is 0 Å². The van der Waals surface area contributed by atoms with Crippen LogP contribution >= 0.6 is 0 Å². The maximum Gasteiger partial charge on any atom is 0.258 e. The molecule has 0 aromatic heterocycles. The van der Waals surface area contributed by atoms with Gasteiger partial charge in [0.2, 0.25) is 0 Å². The molecule has 0 saturated heterocycles. The molecule has 0 aliphatic carbocycles. The summed E-state index contributed by atoms with van der Waals surface area (Å²) in [5, 5.41) is 11.1. The van der Waals surface area contributed by atoms with Crippen LogP contribution in [0.1, 0.15) is 44.3 Å². The Balaban J connectivity index is 1.78. The molecular weight excluding hydrogens is 322 g/mol. The predicted molar refractivity (Wildman–Crippen MR) is 101 cm³/mol. The zero-order chi connectivity index (χ0) is 17.7. The Morgan fingerprint density at radius 2 is 1.42 bits per heavy atom. The van der Waals surface area contributed by atoms with E-state index in [1.807, 2.05) is 65.6 Å². The number of nitrogens with zero attached hydrogens (tertiary/aromatic N) is 1. The van der Waals surface area contributed by atoms with Crippen LogP contribution in [0.4, 0.5) is 5.69 Å². The van der Waals surface area contributed by atoms with Crippen LogP contribution in [-0.4, -0.2) is 11.0 Å². The van der Waals surface area contributed by atoms with Gasteiger partial charge in [-0.3, -0.25) is 4.79 Å². The van der Waals surface area contributed by atoms with Crippen molar-refractivity contribution in [2.75, 3.05) is 4.90 Å². The molecule has 2 aliphatic heterocycles. The number of fused-ring (bicyclic) bond motifs is 2. The molecule has 0 radical (unpaired) electrons. The molecule has 2 aliphatic rings. The molecule has 1 amide bonds. The van der Waals surface area contributed by atoms with Gasteiger partial charge in [-0.15, -0.1) is 0 Å². The number of anilines is 1. The fraction of sp³-hybridized carbons (Fsp3) is 0.174. The molecule has 3 aromatic rings. The Kier molecular flexibility index (Phi) is 3.44. The van der Waals surface area contributed by atoms with E-state index in [0.717, 1.165) is 51.9 Å². The van der Waals surface area contributed by atoms with Crippen molar-refractivity contribution in [3.8, 4) is 0 Å². The molecular formula is C23H19NO2. The van der Waals surface area contributed by atoms with E-state index in [2.05, 4.69) is 6.07 Å². The van der Waals surface area contributed by atoms with Gasteiger partial charge in [0.25, 0.3) is 5.91 Å². The summed E-state index contributed by atoms with van der Waals surface area (Å²) in [5.74, 6) is 0.0119. The first-order valence-corrected chi connectivity index (χ1v) is 9.01. The van der Waals surface area contributed by atoms with Gasteiger partial charge in [-0.1, -0.05) is 60.7 Å². The van der Waals surface area contributed by atoms with E-state index in [0.29, 0.717) is 6.54 Å². The van der Waals surface area contributed by atoms with E-state index in [1.165, 1.54) is 0 Å². The van der Waals surface area contributed by atoms with Crippen LogP contribution in [0.15, 0.2) is 66.7 Å². The maximum absolute atomic E-state index is 13.5. The van der Waals surface area contributed by atoms with Crippen LogP contribution in [0, 0.1) is 0 Å². The van der Waals surface area contributed by atoms with Crippen molar-refractivity contribution >= 4 is 11.6 Å². The Morgan fingerprint density at radius 3 is 2.31 bits per heavy atom. The largest absolute Gasteiger partial charge is 0.384 e. The highest BCUT2D eigenvalue weighted by molar-refractivity contribution is 6.08. The Morgan fingerprint density at radius 1 is 0.769 bits per heavy atom. The number of hydrogen-bond acceptors (Lipinski definition) is 2. The molecule has 26 heavy (non-hydrogen) atoms. The Labute approximate surface area is 152 Å². The summed E-state index contributed by atoms with van der Waals surface area (Å²) in [7, 11) is 0. The first-order valence-electron chi connectivity index (χ1n) is 9.01. The van der Waals surface area contributed by atoms with Gasteiger partial charge in [-0.05, 0) is 41.2 Å². The van der Waals surface area contributed by atoms with Crippen molar-refractivity contribution in [1.82, 2.24) is 0 Å². The third-order valence-corrected chi connectivity index (χ3v) is 5.55. The summed E-state index contributed by atoms with van der Waals surface area (Å²) in [6.07, 6.45) is 0.969. The summed E-state index contributed by atoms with van der Waals surface area (Å²) in [4.78, 5) is 15.3. The van der Waals surface area contributed by atoms with Crippen LogP contribution in [0.25, 0.3) is 0 Å². The average molecular weight is 341 g/mol. The van der Waals surface area contributed by atoms with E-state index in [1.54, 1.807) is 0 Å². The Hall–Kier alpha value is -2.91. The number of benzene rings is 3. The second-order valence-electron chi connectivity index (χ2n) is 7.00. The van der Waals surface area contributed by atoms with Gasteiger partial charge in [-0.25, -0.2) is 0 Å². The summed E-state index contributed by atoms with van der Waals surface area (Å²) in [5.41, 5.74) is 6.56. The van der Waals surface area contributed by atoms with Crippen LogP contribution in [0.3, 0.4) is 0 Å². The van der Waals surface area contributed by atoms with Crippen LogP contribution in [-0.2, 0) is 19.4 Å². The molecule has 0 bridgehead atoms. The van der Waals surface area contributed by atoms with Gasteiger partial charge in [0.05, 0.1) is 12.2 Å². The molecule has 0 fully saturated rings. The summed E-state index contributed by atoms with van der Waals surface area (Å²) in [6.45, 7) is 0.477. The van der Waals surface area contributed by atoms with Gasteiger partial charge in [-0.2, -0.15) is 0 Å². The second-order valence-corrected chi connectivity index (χ2v) is 7.00. The number of aliphatic hydroxyl groups is 1. The van der Waals surface area contributed by atoms with Crippen molar-refractivity contribution < 1.29 is 9.90 Å². The number of amides is 1. The number of para-hydroxylation sites is 1. The minimum absolute atomic E-state index is 0.0119. The van der Waals surface area contributed by atoms with Gasteiger partial charge in [0.15, 0.2) is 0 Å². The fourth-order valence-corrected chi connectivity index (χ4v) is 4.26. The number of aliphatic hydroxyl groups excluding tert-OH is 1. The lowest BCUT2D eigenvalue weighted by Gasteiger charge is -2.29. The molecule has 2 heterocycles. The van der Waals surface area contributed by atoms with E-state index < -0.39 is 6.10 Å². The van der Waals surface area contributed by atoms with E-state index in [4.69, 9.17) is 0 Å². The lowest BCUT2D eigenvalue weighted by atomic mass is 9.91. The summed E-state index contributed by atoms with van der Waals surface area (Å²) in [6, 6.07) is 21.7. The first-order chi connectivity index (χ1) is 12.7. The topological polar surface area (TPSA) is 40.5 Å². The standard InChI is InChI=1S/C23H19NO2/c25-22-18-9-3-2-7-17(18)14-24-21-16(8-5-11-20(21)22)13-12-15-6-1-4-10-19(15)23(24)26/h1-11,22,25H,12-14H2. The van der Waals surface area contributed by atoms with Crippen molar-refractivity contribution in [1.29, 1.82) is 0 Å². The molecule has 5 rings (SSSR count). The average Bonchev–Trinajstić information content (AvgIpc) is 2.81. The van der Waals surface area contributed by atoms with Gasteiger partial charge >= 0.3 is 0 Å². The minimum Gasteiger partial charge on any atom is -0.384 e. The van der Waals surface area contributed by atoms with Crippen LogP contribution in [0.5, 0.6) is 0 Å².